The van der Waals surface area contributed by atoms with Gasteiger partial charge in [-0.1, -0.05) is 0 Å². The summed E-state index contributed by atoms with van der Waals surface area (Å²) in [6.07, 6.45) is 0. The van der Waals surface area contributed by atoms with Gasteiger partial charge in [-0.2, -0.15) is 0 Å². The van der Waals surface area contributed by atoms with Crippen LogP contribution < -0.4 is 16.8 Å². The van der Waals surface area contributed by atoms with Crippen LogP contribution in [0.2, 0.25) is 0 Å². The molecule has 1 aromatic carbocycles. The zero-order valence-corrected chi connectivity index (χ0v) is 10.6. The second kappa shape index (κ2) is 6.60. The molecule has 19 heavy (non-hydrogen) atoms. The van der Waals surface area contributed by atoms with Crippen LogP contribution in [0.3, 0.4) is 0 Å². The van der Waals surface area contributed by atoms with Gasteiger partial charge in [0.25, 0.3) is 0 Å². The first-order valence-corrected chi connectivity index (χ1v) is 5.65. The maximum atomic E-state index is 11.0. The molecule has 1 aromatic rings. The number of aryl methyl sites for hydroxylation is 1. The van der Waals surface area contributed by atoms with Crippen LogP contribution >= 0.6 is 0 Å². The number of ether oxygens (including phenoxy) is 1. The molecule has 0 spiro atoms. The second-order valence-electron chi connectivity index (χ2n) is 4.01. The van der Waals surface area contributed by atoms with Crippen molar-refractivity contribution in [2.45, 2.75) is 6.92 Å². The summed E-state index contributed by atoms with van der Waals surface area (Å²) >= 11 is 0. The van der Waals surface area contributed by atoms with Gasteiger partial charge in [0, 0.05) is 17.9 Å². The summed E-state index contributed by atoms with van der Waals surface area (Å²) in [5.41, 5.74) is 12.2. The monoisotopic (exact) mass is 267 g/mol. The molecule has 0 aliphatic carbocycles. The Kier molecular flexibility index (Phi) is 5.13. The van der Waals surface area contributed by atoms with E-state index in [0.717, 1.165) is 0 Å². The lowest BCUT2D eigenvalue weighted by molar-refractivity contribution is -0.122. The molecule has 7 heteroatoms. The summed E-state index contributed by atoms with van der Waals surface area (Å²) in [5.74, 6) is -1.61. The van der Waals surface area contributed by atoms with Crippen LogP contribution in [-0.2, 0) is 9.53 Å². The fourth-order valence-electron chi connectivity index (χ4n) is 1.52. The zero-order valence-electron chi connectivity index (χ0n) is 10.6. The number of nitrogens with two attached hydrogens (primary N) is 2. The van der Waals surface area contributed by atoms with Gasteiger partial charge in [0.1, 0.15) is 6.61 Å². The summed E-state index contributed by atoms with van der Waals surface area (Å²) in [4.78, 5) is 21.4. The number of carbonyl (C=O) groups is 2. The van der Waals surface area contributed by atoms with E-state index in [1.54, 1.807) is 13.0 Å². The van der Waals surface area contributed by atoms with E-state index in [0.29, 0.717) is 17.8 Å². The Hall–Kier alpha value is -2.28. The first-order chi connectivity index (χ1) is 8.91. The average Bonchev–Trinajstić information content (AvgIpc) is 2.32. The molecule has 0 aliphatic rings. The van der Waals surface area contributed by atoms with Crippen molar-refractivity contribution in [2.75, 3.05) is 30.8 Å². The van der Waals surface area contributed by atoms with Gasteiger partial charge < -0.3 is 26.6 Å². The lowest BCUT2D eigenvalue weighted by Crippen LogP contribution is -2.20. The molecule has 0 unspecified atom stereocenters. The predicted molar refractivity (Wildman–Crippen MR) is 71.1 cm³/mol. The molecule has 0 heterocycles. The van der Waals surface area contributed by atoms with E-state index in [2.05, 4.69) is 5.32 Å². The molecule has 0 fully saturated rings. The topological polar surface area (TPSA) is 128 Å². The minimum absolute atomic E-state index is 0.0561. The number of aromatic carboxylic acids is 1. The molecule has 0 bridgehead atoms. The van der Waals surface area contributed by atoms with Crippen molar-refractivity contribution in [2.24, 2.45) is 5.73 Å². The van der Waals surface area contributed by atoms with E-state index >= 15 is 0 Å². The summed E-state index contributed by atoms with van der Waals surface area (Å²) in [6, 6.07) is 3.20. The van der Waals surface area contributed by atoms with E-state index in [4.69, 9.17) is 21.3 Å². The number of nitrogen functional groups attached to an aromatic ring is 1. The van der Waals surface area contributed by atoms with E-state index in [9.17, 15) is 9.59 Å². The Morgan fingerprint density at radius 1 is 1.42 bits per heavy atom. The first kappa shape index (κ1) is 14.8. The van der Waals surface area contributed by atoms with Gasteiger partial charge in [0.15, 0.2) is 0 Å². The molecule has 0 aromatic heterocycles. The zero-order chi connectivity index (χ0) is 14.4. The van der Waals surface area contributed by atoms with E-state index in [-0.39, 0.29) is 24.5 Å². The first-order valence-electron chi connectivity index (χ1n) is 5.65. The highest BCUT2D eigenvalue weighted by Crippen LogP contribution is 2.22. The Morgan fingerprint density at radius 2 is 2.11 bits per heavy atom. The summed E-state index contributed by atoms with van der Waals surface area (Å²) in [5, 5.41) is 12.0. The minimum Gasteiger partial charge on any atom is -0.478 e. The van der Waals surface area contributed by atoms with Crippen LogP contribution in [0.4, 0.5) is 11.4 Å². The minimum atomic E-state index is -1.07. The second-order valence-corrected chi connectivity index (χ2v) is 4.01. The normalized spacial score (nSPS) is 10.2. The number of hydrogen-bond donors (Lipinski definition) is 4. The lowest BCUT2D eigenvalue weighted by atomic mass is 10.1. The van der Waals surface area contributed by atoms with Crippen molar-refractivity contribution in [3.63, 3.8) is 0 Å². The highest BCUT2D eigenvalue weighted by molar-refractivity contribution is 5.95. The Labute approximate surface area is 110 Å². The number of primary amides is 1. The van der Waals surface area contributed by atoms with Gasteiger partial charge in [-0.15, -0.1) is 0 Å². The molecule has 1 rings (SSSR count). The van der Waals surface area contributed by atoms with Gasteiger partial charge in [0.2, 0.25) is 5.91 Å². The molecule has 0 radical (unpaired) electrons. The highest BCUT2D eigenvalue weighted by Gasteiger charge is 2.11. The smallest absolute Gasteiger partial charge is 0.337 e. The Bertz CT molecular complexity index is 488. The number of benzene rings is 1. The van der Waals surface area contributed by atoms with E-state index < -0.39 is 11.9 Å². The molecule has 7 nitrogen and oxygen atoms in total. The quantitative estimate of drug-likeness (QED) is 0.412. The van der Waals surface area contributed by atoms with Crippen molar-refractivity contribution in [1.29, 1.82) is 0 Å². The highest BCUT2D eigenvalue weighted by atomic mass is 16.5. The maximum absolute atomic E-state index is 11.0. The van der Waals surface area contributed by atoms with E-state index in [1.807, 2.05) is 0 Å². The molecule has 104 valence electrons. The van der Waals surface area contributed by atoms with Crippen molar-refractivity contribution in [1.82, 2.24) is 0 Å². The van der Waals surface area contributed by atoms with Gasteiger partial charge in [-0.25, -0.2) is 4.79 Å². The van der Waals surface area contributed by atoms with Crippen LogP contribution in [0.5, 0.6) is 0 Å². The number of rotatable bonds is 7. The number of carboxylic acid groups (broad SMARTS) is 1. The van der Waals surface area contributed by atoms with Gasteiger partial charge in [-0.05, 0) is 24.6 Å². The largest absolute Gasteiger partial charge is 0.478 e. The van der Waals surface area contributed by atoms with Crippen molar-refractivity contribution in [3.05, 3.63) is 23.3 Å². The lowest BCUT2D eigenvalue weighted by Gasteiger charge is -2.11. The van der Waals surface area contributed by atoms with Crippen molar-refractivity contribution >= 4 is 23.3 Å². The molecule has 0 saturated heterocycles. The molecule has 0 saturated carbocycles. The molecule has 6 N–H and O–H groups in total. The van der Waals surface area contributed by atoms with Gasteiger partial charge >= 0.3 is 5.97 Å². The number of carbonyl (C=O) groups excluding carboxylic acids is 1. The van der Waals surface area contributed by atoms with Gasteiger partial charge in [0.05, 0.1) is 12.2 Å². The maximum Gasteiger partial charge on any atom is 0.337 e. The van der Waals surface area contributed by atoms with Crippen LogP contribution in [-0.4, -0.2) is 36.7 Å². The predicted octanol–water partition coefficient (Wildman–Crippen LogP) is 0.189. The Balaban J connectivity index is 2.59. The molecule has 1 amide bonds. The average molecular weight is 267 g/mol. The number of amides is 1. The van der Waals surface area contributed by atoms with Crippen LogP contribution in [0.1, 0.15) is 15.9 Å². The third kappa shape index (κ3) is 4.47. The van der Waals surface area contributed by atoms with Crippen LogP contribution in [0.25, 0.3) is 0 Å². The third-order valence-electron chi connectivity index (χ3n) is 2.44. The number of carboxylic acids is 1. The molecule has 0 aliphatic heterocycles. The Morgan fingerprint density at radius 3 is 2.68 bits per heavy atom. The van der Waals surface area contributed by atoms with Crippen molar-refractivity contribution in [3.8, 4) is 0 Å². The van der Waals surface area contributed by atoms with Crippen molar-refractivity contribution < 1.29 is 19.4 Å². The van der Waals surface area contributed by atoms with Gasteiger partial charge in [-0.3, -0.25) is 4.79 Å². The SMILES string of the molecule is Cc1cc(NCCOCC(N)=O)cc(C(=O)O)c1N. The van der Waals surface area contributed by atoms with E-state index in [1.165, 1.54) is 6.07 Å². The summed E-state index contributed by atoms with van der Waals surface area (Å²) in [6.45, 7) is 2.31. The fourth-order valence-corrected chi connectivity index (χ4v) is 1.52. The van der Waals surface area contributed by atoms with Crippen LogP contribution in [0, 0.1) is 6.92 Å². The summed E-state index contributed by atoms with van der Waals surface area (Å²) < 4.78 is 4.97. The molecular weight excluding hydrogens is 250 g/mol. The molecular formula is C12H17N3O4. The van der Waals surface area contributed by atoms with Crippen LogP contribution in [0.15, 0.2) is 12.1 Å². The third-order valence-corrected chi connectivity index (χ3v) is 2.44. The molecule has 0 atom stereocenters. The number of nitrogens with one attached hydrogen (secondary N) is 1. The summed E-state index contributed by atoms with van der Waals surface area (Å²) in [7, 11) is 0. The number of hydrogen-bond acceptors (Lipinski definition) is 5. The standard InChI is InChI=1S/C12H17N3O4/c1-7-4-8(5-9(11(7)14)12(17)18)15-2-3-19-6-10(13)16/h4-5,15H,2-3,6,14H2,1H3,(H2,13,16)(H,17,18). The fraction of sp³-hybridized carbons (Fsp3) is 0.333. The number of anilines is 2.